The highest BCUT2D eigenvalue weighted by Gasteiger charge is 2.25. The van der Waals surface area contributed by atoms with Gasteiger partial charge < -0.3 is 5.32 Å². The zero-order valence-corrected chi connectivity index (χ0v) is 11.0. The van der Waals surface area contributed by atoms with Crippen LogP contribution >= 0.6 is 0 Å². The normalized spacial score (nSPS) is 23.8. The zero-order chi connectivity index (χ0) is 13.1. The third-order valence-electron chi connectivity index (χ3n) is 3.97. The maximum Gasteiger partial charge on any atom is 0.243 e. The van der Waals surface area contributed by atoms with E-state index in [1.165, 1.54) is 18.4 Å². The van der Waals surface area contributed by atoms with Crippen LogP contribution in [0.4, 0.5) is 5.69 Å². The van der Waals surface area contributed by atoms with Crippen molar-refractivity contribution in [3.8, 4) is 0 Å². The first-order chi connectivity index (χ1) is 9.33. The van der Waals surface area contributed by atoms with Gasteiger partial charge in [0.15, 0.2) is 0 Å². The molecule has 3 rings (SSSR count). The molecule has 0 aromatic heterocycles. The van der Waals surface area contributed by atoms with Gasteiger partial charge in [0.1, 0.15) is 6.04 Å². The second kappa shape index (κ2) is 5.72. The highest BCUT2D eigenvalue weighted by atomic mass is 16.7. The van der Waals surface area contributed by atoms with Crippen molar-refractivity contribution >= 4 is 11.6 Å². The van der Waals surface area contributed by atoms with Gasteiger partial charge in [0.25, 0.3) is 0 Å². The van der Waals surface area contributed by atoms with Gasteiger partial charge in [0, 0.05) is 5.69 Å². The van der Waals surface area contributed by atoms with E-state index in [0.29, 0.717) is 0 Å². The Labute approximate surface area is 113 Å². The van der Waals surface area contributed by atoms with E-state index < -0.39 is 0 Å². The summed E-state index contributed by atoms with van der Waals surface area (Å²) in [6, 6.07) is 7.71. The highest BCUT2D eigenvalue weighted by Crippen LogP contribution is 2.23. The Balaban J connectivity index is 1.60. The molecule has 102 valence electrons. The molecule has 2 aliphatic rings. The van der Waals surface area contributed by atoms with Crippen LogP contribution in [0.15, 0.2) is 24.3 Å². The Morgan fingerprint density at radius 1 is 1.16 bits per heavy atom. The van der Waals surface area contributed by atoms with Crippen molar-refractivity contribution in [1.82, 2.24) is 5.48 Å². The van der Waals surface area contributed by atoms with Crippen LogP contribution in [0.1, 0.15) is 37.7 Å². The van der Waals surface area contributed by atoms with Gasteiger partial charge in [-0.15, -0.1) is 0 Å². The molecule has 19 heavy (non-hydrogen) atoms. The number of amides is 1. The van der Waals surface area contributed by atoms with Crippen molar-refractivity contribution in [3.05, 3.63) is 29.8 Å². The molecule has 1 aliphatic carbocycles. The maximum absolute atomic E-state index is 12.1. The smallest absolute Gasteiger partial charge is 0.243 e. The molecular formula is C15H20N2O2. The molecule has 1 unspecified atom stereocenters. The van der Waals surface area contributed by atoms with Crippen LogP contribution in [0, 0.1) is 0 Å². The summed E-state index contributed by atoms with van der Waals surface area (Å²) in [7, 11) is 0. The van der Waals surface area contributed by atoms with Crippen LogP contribution in [0.2, 0.25) is 0 Å². The van der Waals surface area contributed by atoms with E-state index in [1.807, 2.05) is 18.2 Å². The lowest BCUT2D eigenvalue weighted by molar-refractivity contribution is -0.124. The topological polar surface area (TPSA) is 50.4 Å². The maximum atomic E-state index is 12.1. The number of hydroxylamine groups is 1. The molecule has 0 radical (unpaired) electrons. The summed E-state index contributed by atoms with van der Waals surface area (Å²) in [5, 5.41) is 2.97. The van der Waals surface area contributed by atoms with Crippen molar-refractivity contribution in [2.75, 3.05) is 5.32 Å². The predicted molar refractivity (Wildman–Crippen MR) is 73.7 cm³/mol. The summed E-state index contributed by atoms with van der Waals surface area (Å²) in [5.41, 5.74) is 5.10. The van der Waals surface area contributed by atoms with Crippen LogP contribution in [0.3, 0.4) is 0 Å². The van der Waals surface area contributed by atoms with Crippen molar-refractivity contribution < 1.29 is 9.63 Å². The Morgan fingerprint density at radius 2 is 1.95 bits per heavy atom. The van der Waals surface area contributed by atoms with Crippen molar-refractivity contribution in [1.29, 1.82) is 0 Å². The van der Waals surface area contributed by atoms with Crippen LogP contribution in [-0.4, -0.2) is 18.1 Å². The fourth-order valence-corrected chi connectivity index (χ4v) is 2.81. The molecule has 1 amide bonds. The van der Waals surface area contributed by atoms with E-state index in [1.54, 1.807) is 0 Å². The number of para-hydroxylation sites is 1. The third kappa shape index (κ3) is 2.96. The largest absolute Gasteiger partial charge is 0.324 e. The fourth-order valence-electron chi connectivity index (χ4n) is 2.81. The average molecular weight is 260 g/mol. The molecule has 1 aromatic rings. The molecule has 0 spiro atoms. The number of benzene rings is 1. The standard InChI is InChI=1S/C15H20N2O2/c18-15-14(17-19-12-6-2-3-7-12)10-9-11-5-1-4-8-13(11)16-15/h1,4-5,8,12,14,17H,2-3,6-7,9-10H2,(H,16,18). The van der Waals surface area contributed by atoms with E-state index in [4.69, 9.17) is 4.84 Å². The van der Waals surface area contributed by atoms with E-state index in [-0.39, 0.29) is 18.1 Å². The lowest BCUT2D eigenvalue weighted by Gasteiger charge is -2.18. The number of nitrogens with one attached hydrogen (secondary N) is 2. The summed E-state index contributed by atoms with van der Waals surface area (Å²) >= 11 is 0. The van der Waals surface area contributed by atoms with Gasteiger partial charge in [-0.3, -0.25) is 9.63 Å². The Kier molecular flexibility index (Phi) is 3.80. The quantitative estimate of drug-likeness (QED) is 0.821. The lowest BCUT2D eigenvalue weighted by Crippen LogP contribution is -2.41. The molecule has 1 heterocycles. The summed E-state index contributed by atoms with van der Waals surface area (Å²) < 4.78 is 0. The van der Waals surface area contributed by atoms with E-state index in [0.717, 1.165) is 31.4 Å². The minimum absolute atomic E-state index is 0.00273. The number of hydrogen-bond donors (Lipinski definition) is 2. The number of carbonyl (C=O) groups is 1. The number of rotatable bonds is 3. The van der Waals surface area contributed by atoms with E-state index in [9.17, 15) is 4.79 Å². The molecule has 1 aliphatic heterocycles. The first-order valence-electron chi connectivity index (χ1n) is 7.13. The van der Waals surface area contributed by atoms with Gasteiger partial charge in [-0.05, 0) is 37.3 Å². The van der Waals surface area contributed by atoms with Crippen molar-refractivity contribution in [2.45, 2.75) is 50.7 Å². The summed E-state index contributed by atoms with van der Waals surface area (Å²) in [6.07, 6.45) is 6.60. The van der Waals surface area contributed by atoms with Gasteiger partial charge in [0.05, 0.1) is 6.10 Å². The first-order valence-corrected chi connectivity index (χ1v) is 7.13. The third-order valence-corrected chi connectivity index (χ3v) is 3.97. The zero-order valence-electron chi connectivity index (χ0n) is 11.0. The molecule has 4 heteroatoms. The monoisotopic (exact) mass is 260 g/mol. The van der Waals surface area contributed by atoms with Gasteiger partial charge in [0.2, 0.25) is 5.91 Å². The molecule has 1 atom stereocenters. The molecule has 0 saturated heterocycles. The number of aryl methyl sites for hydroxylation is 1. The highest BCUT2D eigenvalue weighted by molar-refractivity contribution is 5.96. The van der Waals surface area contributed by atoms with Crippen molar-refractivity contribution in [2.24, 2.45) is 0 Å². The van der Waals surface area contributed by atoms with E-state index in [2.05, 4.69) is 16.9 Å². The van der Waals surface area contributed by atoms with Crippen LogP contribution < -0.4 is 10.8 Å². The van der Waals surface area contributed by atoms with Crippen LogP contribution in [0.5, 0.6) is 0 Å². The predicted octanol–water partition coefficient (Wildman–Crippen LogP) is 2.40. The minimum Gasteiger partial charge on any atom is -0.324 e. The minimum atomic E-state index is -0.256. The summed E-state index contributed by atoms with van der Waals surface area (Å²) in [5.74, 6) is 0.00273. The molecular weight excluding hydrogens is 240 g/mol. The van der Waals surface area contributed by atoms with Crippen molar-refractivity contribution in [3.63, 3.8) is 0 Å². The molecule has 1 aromatic carbocycles. The van der Waals surface area contributed by atoms with Gasteiger partial charge in [-0.25, -0.2) is 0 Å². The Bertz CT molecular complexity index is 455. The Hall–Kier alpha value is -1.39. The molecule has 0 bridgehead atoms. The molecule has 4 nitrogen and oxygen atoms in total. The number of hydrogen-bond acceptors (Lipinski definition) is 3. The lowest BCUT2D eigenvalue weighted by atomic mass is 10.1. The molecule has 1 saturated carbocycles. The number of carbonyl (C=O) groups excluding carboxylic acids is 1. The van der Waals surface area contributed by atoms with Gasteiger partial charge >= 0.3 is 0 Å². The van der Waals surface area contributed by atoms with Gasteiger partial charge in [-0.2, -0.15) is 5.48 Å². The first kappa shape index (κ1) is 12.6. The Morgan fingerprint density at radius 3 is 2.79 bits per heavy atom. The fraction of sp³-hybridized carbons (Fsp3) is 0.533. The van der Waals surface area contributed by atoms with E-state index >= 15 is 0 Å². The SMILES string of the molecule is O=C1Nc2ccccc2CCC1NOC1CCCC1. The molecule has 2 N–H and O–H groups in total. The molecule has 1 fully saturated rings. The summed E-state index contributed by atoms with van der Waals surface area (Å²) in [6.45, 7) is 0. The van der Waals surface area contributed by atoms with Gasteiger partial charge in [-0.1, -0.05) is 31.0 Å². The number of fused-ring (bicyclic) bond motifs is 1. The average Bonchev–Trinajstić information content (AvgIpc) is 2.88. The summed E-state index contributed by atoms with van der Waals surface area (Å²) in [4.78, 5) is 17.8. The van der Waals surface area contributed by atoms with Crippen LogP contribution in [0.25, 0.3) is 0 Å². The second-order valence-electron chi connectivity index (χ2n) is 5.38. The van der Waals surface area contributed by atoms with Crippen LogP contribution in [-0.2, 0) is 16.1 Å². The second-order valence-corrected chi connectivity index (χ2v) is 5.38. The number of anilines is 1.